The third-order valence-corrected chi connectivity index (χ3v) is 2.67. The van der Waals surface area contributed by atoms with Crippen molar-refractivity contribution in [2.45, 2.75) is 19.4 Å². The average molecular weight is 253 g/mol. The van der Waals surface area contributed by atoms with Gasteiger partial charge in [-0.2, -0.15) is 0 Å². The second-order valence-corrected chi connectivity index (χ2v) is 4.62. The zero-order chi connectivity index (χ0) is 10.1. The van der Waals surface area contributed by atoms with Crippen LogP contribution in [0.1, 0.15) is 12.6 Å². The van der Waals surface area contributed by atoms with Gasteiger partial charge in [0.15, 0.2) is 0 Å². The van der Waals surface area contributed by atoms with Crippen LogP contribution in [0.5, 0.6) is 0 Å². The van der Waals surface area contributed by atoms with E-state index < -0.39 is 0 Å². The molecule has 0 aliphatic heterocycles. The van der Waals surface area contributed by atoms with Crippen LogP contribution in [-0.4, -0.2) is 11.0 Å². The SMILES string of the molecule is CC(N)Cc1cc2cc(Br)ccc2[nH]1. The normalized spacial score (nSPS) is 13.4. The van der Waals surface area contributed by atoms with Gasteiger partial charge >= 0.3 is 0 Å². The second kappa shape index (κ2) is 3.75. The summed E-state index contributed by atoms with van der Waals surface area (Å²) in [6, 6.07) is 8.57. The first-order chi connectivity index (χ1) is 6.65. The van der Waals surface area contributed by atoms with Crippen LogP contribution >= 0.6 is 15.9 Å². The molecule has 2 nitrogen and oxygen atoms in total. The molecule has 3 heteroatoms. The number of nitrogens with one attached hydrogen (secondary N) is 1. The molecule has 1 atom stereocenters. The van der Waals surface area contributed by atoms with Gasteiger partial charge in [0.2, 0.25) is 0 Å². The first-order valence-electron chi connectivity index (χ1n) is 4.68. The summed E-state index contributed by atoms with van der Waals surface area (Å²) in [7, 11) is 0. The monoisotopic (exact) mass is 252 g/mol. The van der Waals surface area contributed by atoms with E-state index in [1.54, 1.807) is 0 Å². The lowest BCUT2D eigenvalue weighted by atomic mass is 10.2. The minimum absolute atomic E-state index is 0.200. The number of benzene rings is 1. The van der Waals surface area contributed by atoms with Crippen molar-refractivity contribution >= 4 is 26.8 Å². The molecule has 2 aromatic rings. The maximum absolute atomic E-state index is 5.75. The molecule has 0 saturated carbocycles. The van der Waals surface area contributed by atoms with E-state index in [1.165, 1.54) is 16.6 Å². The molecular weight excluding hydrogens is 240 g/mol. The zero-order valence-corrected chi connectivity index (χ0v) is 9.64. The summed E-state index contributed by atoms with van der Waals surface area (Å²) < 4.78 is 1.11. The number of hydrogen-bond donors (Lipinski definition) is 2. The lowest BCUT2D eigenvalue weighted by Crippen LogP contribution is -2.17. The van der Waals surface area contributed by atoms with Crippen molar-refractivity contribution in [2.75, 3.05) is 0 Å². The molecule has 0 fully saturated rings. The topological polar surface area (TPSA) is 41.8 Å². The van der Waals surface area contributed by atoms with Crippen LogP contribution in [0.2, 0.25) is 0 Å². The Morgan fingerprint density at radius 2 is 2.21 bits per heavy atom. The van der Waals surface area contributed by atoms with Gasteiger partial charge in [0.25, 0.3) is 0 Å². The third kappa shape index (κ3) is 1.99. The van der Waals surface area contributed by atoms with E-state index in [-0.39, 0.29) is 6.04 Å². The molecule has 0 bridgehead atoms. The fourth-order valence-corrected chi connectivity index (χ4v) is 2.00. The number of aromatic amines is 1. The van der Waals surface area contributed by atoms with Crippen LogP contribution < -0.4 is 5.73 Å². The number of aromatic nitrogens is 1. The molecular formula is C11H13BrN2. The molecule has 14 heavy (non-hydrogen) atoms. The van der Waals surface area contributed by atoms with E-state index in [2.05, 4.69) is 39.1 Å². The predicted molar refractivity (Wildman–Crippen MR) is 63.4 cm³/mol. The number of halogens is 1. The summed E-state index contributed by atoms with van der Waals surface area (Å²) in [5, 5.41) is 1.23. The van der Waals surface area contributed by atoms with E-state index in [9.17, 15) is 0 Å². The molecule has 2 rings (SSSR count). The maximum atomic E-state index is 5.75. The summed E-state index contributed by atoms with van der Waals surface area (Å²) in [5.74, 6) is 0. The number of rotatable bonds is 2. The lowest BCUT2D eigenvalue weighted by Gasteiger charge is -2.00. The Morgan fingerprint density at radius 1 is 1.43 bits per heavy atom. The van der Waals surface area contributed by atoms with Crippen LogP contribution in [0, 0.1) is 0 Å². The van der Waals surface area contributed by atoms with Crippen molar-refractivity contribution in [1.29, 1.82) is 0 Å². The summed E-state index contributed by atoms with van der Waals surface area (Å²) in [4.78, 5) is 3.35. The van der Waals surface area contributed by atoms with Crippen LogP contribution in [0.25, 0.3) is 10.9 Å². The van der Waals surface area contributed by atoms with Gasteiger partial charge in [0, 0.05) is 33.5 Å². The van der Waals surface area contributed by atoms with E-state index >= 15 is 0 Å². The van der Waals surface area contributed by atoms with Crippen molar-refractivity contribution in [3.63, 3.8) is 0 Å². The van der Waals surface area contributed by atoms with E-state index in [0.29, 0.717) is 0 Å². The van der Waals surface area contributed by atoms with Crippen molar-refractivity contribution in [3.05, 3.63) is 34.4 Å². The van der Waals surface area contributed by atoms with Crippen LogP contribution in [0.4, 0.5) is 0 Å². The van der Waals surface area contributed by atoms with Crippen molar-refractivity contribution < 1.29 is 0 Å². The molecule has 3 N–H and O–H groups in total. The second-order valence-electron chi connectivity index (χ2n) is 3.71. The van der Waals surface area contributed by atoms with Crippen molar-refractivity contribution in [1.82, 2.24) is 4.98 Å². The first-order valence-corrected chi connectivity index (χ1v) is 5.47. The van der Waals surface area contributed by atoms with Gasteiger partial charge in [0.1, 0.15) is 0 Å². The highest BCUT2D eigenvalue weighted by Crippen LogP contribution is 2.20. The van der Waals surface area contributed by atoms with Crippen LogP contribution in [0.15, 0.2) is 28.7 Å². The predicted octanol–water partition coefficient (Wildman–Crippen LogP) is 2.82. The van der Waals surface area contributed by atoms with Gasteiger partial charge in [-0.05, 0) is 31.2 Å². The third-order valence-electron chi connectivity index (χ3n) is 2.18. The quantitative estimate of drug-likeness (QED) is 0.849. The largest absolute Gasteiger partial charge is 0.358 e. The van der Waals surface area contributed by atoms with Crippen molar-refractivity contribution in [3.8, 4) is 0 Å². The van der Waals surface area contributed by atoms with Crippen LogP contribution in [-0.2, 0) is 6.42 Å². The molecule has 0 radical (unpaired) electrons. The summed E-state index contributed by atoms with van der Waals surface area (Å²) >= 11 is 3.45. The van der Waals surface area contributed by atoms with Crippen molar-refractivity contribution in [2.24, 2.45) is 5.73 Å². The lowest BCUT2D eigenvalue weighted by molar-refractivity contribution is 0.727. The Labute approximate surface area is 91.6 Å². The molecule has 0 amide bonds. The highest BCUT2D eigenvalue weighted by Gasteiger charge is 2.03. The van der Waals surface area contributed by atoms with E-state index in [1.807, 2.05) is 13.0 Å². The Hall–Kier alpha value is -0.800. The molecule has 1 aromatic carbocycles. The Morgan fingerprint density at radius 3 is 2.93 bits per heavy atom. The van der Waals surface area contributed by atoms with Gasteiger partial charge in [0.05, 0.1) is 0 Å². The Bertz CT molecular complexity index is 445. The van der Waals surface area contributed by atoms with Gasteiger partial charge < -0.3 is 10.7 Å². The Kier molecular flexibility index (Phi) is 2.61. The number of H-pyrrole nitrogens is 1. The smallest absolute Gasteiger partial charge is 0.0456 e. The standard InChI is InChI=1S/C11H13BrN2/c1-7(13)4-10-6-8-5-9(12)2-3-11(8)14-10/h2-3,5-7,14H,4,13H2,1H3. The number of fused-ring (bicyclic) bond motifs is 1. The molecule has 0 aliphatic rings. The summed E-state index contributed by atoms with van der Waals surface area (Å²) in [6.45, 7) is 2.02. The number of hydrogen-bond acceptors (Lipinski definition) is 1. The maximum Gasteiger partial charge on any atom is 0.0456 e. The highest BCUT2D eigenvalue weighted by molar-refractivity contribution is 9.10. The summed E-state index contributed by atoms with van der Waals surface area (Å²) in [5.41, 5.74) is 8.12. The van der Waals surface area contributed by atoms with Crippen LogP contribution in [0.3, 0.4) is 0 Å². The molecule has 0 saturated heterocycles. The molecule has 0 spiro atoms. The van der Waals surface area contributed by atoms with Gasteiger partial charge in [-0.3, -0.25) is 0 Å². The fraction of sp³-hybridized carbons (Fsp3) is 0.273. The van der Waals surface area contributed by atoms with E-state index in [0.717, 1.165) is 10.9 Å². The molecule has 74 valence electrons. The highest BCUT2D eigenvalue weighted by atomic mass is 79.9. The fourth-order valence-electron chi connectivity index (χ4n) is 1.62. The molecule has 1 aromatic heterocycles. The molecule has 1 heterocycles. The first kappa shape index (κ1) is 9.74. The number of nitrogens with two attached hydrogens (primary N) is 1. The molecule has 1 unspecified atom stereocenters. The van der Waals surface area contributed by atoms with Gasteiger partial charge in [-0.25, -0.2) is 0 Å². The Balaban J connectivity index is 2.41. The minimum Gasteiger partial charge on any atom is -0.358 e. The summed E-state index contributed by atoms with van der Waals surface area (Å²) in [6.07, 6.45) is 0.895. The van der Waals surface area contributed by atoms with E-state index in [4.69, 9.17) is 5.73 Å². The van der Waals surface area contributed by atoms with Gasteiger partial charge in [-0.1, -0.05) is 15.9 Å². The average Bonchev–Trinajstić information content (AvgIpc) is 2.44. The zero-order valence-electron chi connectivity index (χ0n) is 8.05. The van der Waals surface area contributed by atoms with Gasteiger partial charge in [-0.15, -0.1) is 0 Å². The molecule has 0 aliphatic carbocycles. The minimum atomic E-state index is 0.200.